The maximum atomic E-state index is 12.2. The fraction of sp³-hybridized carbons (Fsp3) is 0.0690. The van der Waals surface area contributed by atoms with Crippen molar-refractivity contribution < 1.29 is 28.6 Å². The largest absolute Gasteiger partial charge is 0.462 e. The number of esters is 3. The molecule has 0 amide bonds. The predicted octanol–water partition coefficient (Wildman–Crippen LogP) is 5.34. The van der Waals surface area contributed by atoms with Gasteiger partial charge in [0.25, 0.3) is 0 Å². The lowest BCUT2D eigenvalue weighted by Crippen LogP contribution is -2.05. The minimum Gasteiger partial charge on any atom is -0.462 e. The van der Waals surface area contributed by atoms with E-state index in [1.54, 1.807) is 30.3 Å². The van der Waals surface area contributed by atoms with Gasteiger partial charge < -0.3 is 14.2 Å². The van der Waals surface area contributed by atoms with Gasteiger partial charge in [0.15, 0.2) is 0 Å². The third kappa shape index (κ3) is 7.98. The average Bonchev–Trinajstić information content (AvgIpc) is 2.89. The Hall–Kier alpha value is -4.71. The Morgan fingerprint density at radius 3 is 1.74 bits per heavy atom. The number of benzene rings is 3. The van der Waals surface area contributed by atoms with Crippen molar-refractivity contribution in [3.8, 4) is 22.6 Å². The van der Waals surface area contributed by atoms with Crippen molar-refractivity contribution in [1.29, 1.82) is 0 Å². The van der Waals surface area contributed by atoms with Gasteiger partial charge in [-0.3, -0.25) is 0 Å². The molecule has 0 bridgehead atoms. The molecule has 0 aliphatic carbocycles. The van der Waals surface area contributed by atoms with Crippen LogP contribution in [0.2, 0.25) is 0 Å². The van der Waals surface area contributed by atoms with E-state index in [-0.39, 0.29) is 6.61 Å². The van der Waals surface area contributed by atoms with Gasteiger partial charge in [0.2, 0.25) is 0 Å². The Kier molecular flexibility index (Phi) is 8.91. The lowest BCUT2D eigenvalue weighted by atomic mass is 10.0. The van der Waals surface area contributed by atoms with E-state index in [1.807, 2.05) is 48.5 Å². The Morgan fingerprint density at radius 2 is 1.17 bits per heavy atom. The fourth-order valence-corrected chi connectivity index (χ4v) is 3.03. The highest BCUT2D eigenvalue weighted by Crippen LogP contribution is 2.23. The minimum atomic E-state index is -0.506. The quantitative estimate of drug-likeness (QED) is 0.227. The van der Waals surface area contributed by atoms with Crippen LogP contribution < -0.4 is 9.47 Å². The van der Waals surface area contributed by atoms with Gasteiger partial charge in [-0.15, -0.1) is 0 Å². The molecule has 0 aliphatic heterocycles. The highest BCUT2D eigenvalue weighted by molar-refractivity contribution is 5.89. The third-order valence-electron chi connectivity index (χ3n) is 4.84. The Morgan fingerprint density at radius 1 is 0.657 bits per heavy atom. The monoisotopic (exact) mass is 468 g/mol. The molecule has 6 heteroatoms. The second-order valence-electron chi connectivity index (χ2n) is 7.29. The molecule has 0 N–H and O–H groups in total. The van der Waals surface area contributed by atoms with Crippen LogP contribution in [0, 0.1) is 0 Å². The summed E-state index contributed by atoms with van der Waals surface area (Å²) in [5.74, 6) is -0.594. The van der Waals surface area contributed by atoms with Gasteiger partial charge in [0.05, 0.1) is 6.61 Å². The van der Waals surface area contributed by atoms with Crippen molar-refractivity contribution in [2.75, 3.05) is 6.61 Å². The lowest BCUT2D eigenvalue weighted by Gasteiger charge is -2.05. The van der Waals surface area contributed by atoms with Crippen LogP contribution in [0.3, 0.4) is 0 Å². The summed E-state index contributed by atoms with van der Waals surface area (Å²) in [7, 11) is 0. The summed E-state index contributed by atoms with van der Waals surface area (Å²) in [4.78, 5) is 34.5. The second-order valence-corrected chi connectivity index (χ2v) is 7.29. The molecule has 0 saturated heterocycles. The molecule has 0 aliphatic rings. The first-order valence-corrected chi connectivity index (χ1v) is 10.8. The summed E-state index contributed by atoms with van der Waals surface area (Å²) < 4.78 is 15.3. The first-order chi connectivity index (χ1) is 17.0. The van der Waals surface area contributed by atoms with Crippen molar-refractivity contribution in [3.63, 3.8) is 0 Å². The van der Waals surface area contributed by atoms with Crippen LogP contribution in [-0.2, 0) is 25.5 Å². The van der Waals surface area contributed by atoms with E-state index in [4.69, 9.17) is 14.2 Å². The van der Waals surface area contributed by atoms with Crippen LogP contribution in [0.1, 0.15) is 11.1 Å². The Bertz CT molecular complexity index is 1220. The summed E-state index contributed by atoms with van der Waals surface area (Å²) in [6, 6.07) is 21.8. The molecule has 3 rings (SSSR count). The summed E-state index contributed by atoms with van der Waals surface area (Å²) in [6.07, 6.45) is 5.82. The zero-order valence-electron chi connectivity index (χ0n) is 19.0. The zero-order valence-corrected chi connectivity index (χ0v) is 19.0. The van der Waals surface area contributed by atoms with Crippen LogP contribution >= 0.6 is 0 Å². The first-order valence-electron chi connectivity index (χ1n) is 10.8. The number of hydrogen-bond donors (Lipinski definition) is 0. The SMILES string of the molecule is C=CC(=O)OCCc1ccc(OC(=O)C=Cc2ccc(-c3ccc(OC(=O)C=C)cc3)cc2)cc1. The number of rotatable bonds is 10. The predicted molar refractivity (Wildman–Crippen MR) is 134 cm³/mol. The van der Waals surface area contributed by atoms with Gasteiger partial charge in [-0.25, -0.2) is 14.4 Å². The third-order valence-corrected chi connectivity index (χ3v) is 4.84. The van der Waals surface area contributed by atoms with E-state index in [0.717, 1.165) is 34.4 Å². The molecule has 3 aromatic carbocycles. The van der Waals surface area contributed by atoms with Crippen LogP contribution in [0.5, 0.6) is 11.5 Å². The lowest BCUT2D eigenvalue weighted by molar-refractivity contribution is -0.137. The van der Waals surface area contributed by atoms with Crippen molar-refractivity contribution in [1.82, 2.24) is 0 Å². The standard InChI is InChI=1S/C29H24O6/c1-3-27(30)33-20-19-22-7-14-25(15-8-22)35-29(32)18-9-21-5-10-23(11-6-21)24-12-16-26(17-13-24)34-28(31)4-2/h3-18H,1-2,19-20H2. The maximum absolute atomic E-state index is 12.2. The summed E-state index contributed by atoms with van der Waals surface area (Å²) in [5.41, 5.74) is 3.72. The van der Waals surface area contributed by atoms with Gasteiger partial charge in [-0.2, -0.15) is 0 Å². The molecule has 6 nitrogen and oxygen atoms in total. The molecule has 0 unspecified atom stereocenters. The highest BCUT2D eigenvalue weighted by atomic mass is 16.5. The summed E-state index contributed by atoms with van der Waals surface area (Å²) in [6.45, 7) is 6.97. The number of hydrogen-bond acceptors (Lipinski definition) is 6. The first kappa shape index (κ1) is 24.9. The van der Waals surface area contributed by atoms with Crippen LogP contribution in [0.25, 0.3) is 17.2 Å². The minimum absolute atomic E-state index is 0.252. The molecule has 0 spiro atoms. The topological polar surface area (TPSA) is 78.9 Å². The number of carbonyl (C=O) groups excluding carboxylic acids is 3. The van der Waals surface area contributed by atoms with E-state index in [2.05, 4.69) is 13.2 Å². The Balaban J connectivity index is 1.51. The molecular weight excluding hydrogens is 444 g/mol. The van der Waals surface area contributed by atoms with E-state index in [1.165, 1.54) is 6.08 Å². The molecule has 176 valence electrons. The van der Waals surface area contributed by atoms with Crippen molar-refractivity contribution in [3.05, 3.63) is 115 Å². The van der Waals surface area contributed by atoms with E-state index in [0.29, 0.717) is 17.9 Å². The van der Waals surface area contributed by atoms with Crippen LogP contribution in [0.4, 0.5) is 0 Å². The van der Waals surface area contributed by atoms with Crippen LogP contribution in [0.15, 0.2) is 104 Å². The van der Waals surface area contributed by atoms with Gasteiger partial charge in [0, 0.05) is 24.6 Å². The average molecular weight is 469 g/mol. The van der Waals surface area contributed by atoms with Gasteiger partial charge in [-0.1, -0.05) is 61.7 Å². The maximum Gasteiger partial charge on any atom is 0.336 e. The molecular formula is C29H24O6. The normalized spacial score (nSPS) is 10.4. The van der Waals surface area contributed by atoms with Crippen molar-refractivity contribution >= 4 is 24.0 Å². The summed E-state index contributed by atoms with van der Waals surface area (Å²) >= 11 is 0. The molecule has 0 heterocycles. The summed E-state index contributed by atoms with van der Waals surface area (Å²) in [5, 5.41) is 0. The van der Waals surface area contributed by atoms with E-state index >= 15 is 0 Å². The zero-order chi connectivity index (χ0) is 25.0. The molecule has 35 heavy (non-hydrogen) atoms. The molecule has 3 aromatic rings. The Labute approximate surface area is 203 Å². The molecule has 0 aromatic heterocycles. The second kappa shape index (κ2) is 12.5. The fourth-order valence-electron chi connectivity index (χ4n) is 3.03. The van der Waals surface area contributed by atoms with E-state index in [9.17, 15) is 14.4 Å². The molecule has 0 atom stereocenters. The number of ether oxygens (including phenoxy) is 3. The van der Waals surface area contributed by atoms with Crippen molar-refractivity contribution in [2.45, 2.75) is 6.42 Å². The smallest absolute Gasteiger partial charge is 0.336 e. The highest BCUT2D eigenvalue weighted by Gasteiger charge is 2.04. The molecule has 0 fully saturated rings. The molecule has 0 radical (unpaired) electrons. The van der Waals surface area contributed by atoms with Crippen molar-refractivity contribution in [2.24, 2.45) is 0 Å². The molecule has 0 saturated carbocycles. The van der Waals surface area contributed by atoms with E-state index < -0.39 is 17.9 Å². The van der Waals surface area contributed by atoms with Gasteiger partial charge in [0.1, 0.15) is 11.5 Å². The van der Waals surface area contributed by atoms with Gasteiger partial charge in [-0.05, 0) is 52.6 Å². The number of carbonyl (C=O) groups is 3. The van der Waals surface area contributed by atoms with Crippen LogP contribution in [-0.4, -0.2) is 24.5 Å². The van der Waals surface area contributed by atoms with Gasteiger partial charge >= 0.3 is 17.9 Å².